The van der Waals surface area contributed by atoms with Gasteiger partial charge in [-0.3, -0.25) is 0 Å². The van der Waals surface area contributed by atoms with E-state index in [2.05, 4.69) is 17.4 Å². The van der Waals surface area contributed by atoms with Crippen molar-refractivity contribution in [2.24, 2.45) is 0 Å². The fraction of sp³-hybridized carbons (Fsp3) is 0.250. The van der Waals surface area contributed by atoms with Gasteiger partial charge in [0.05, 0.1) is 12.1 Å². The molecule has 0 spiro atoms. The van der Waals surface area contributed by atoms with Crippen molar-refractivity contribution in [3.63, 3.8) is 0 Å². The van der Waals surface area contributed by atoms with E-state index in [1.807, 2.05) is 30.3 Å². The van der Waals surface area contributed by atoms with Crippen molar-refractivity contribution in [1.82, 2.24) is 5.32 Å². The second-order valence-corrected chi connectivity index (χ2v) is 5.11. The highest BCUT2D eigenvalue weighted by atomic mass is 16.7. The van der Waals surface area contributed by atoms with Crippen LogP contribution in [0.3, 0.4) is 0 Å². The summed E-state index contributed by atoms with van der Waals surface area (Å²) in [5.74, 6) is 1.44. The Kier molecular flexibility index (Phi) is 2.65. The lowest BCUT2D eigenvalue weighted by molar-refractivity contribution is 0.133. The number of hydrogen-bond donors (Lipinski definition) is 2. The van der Waals surface area contributed by atoms with Crippen molar-refractivity contribution in [3.8, 4) is 11.5 Å². The summed E-state index contributed by atoms with van der Waals surface area (Å²) in [7, 11) is 0. The van der Waals surface area contributed by atoms with E-state index < -0.39 is 6.10 Å². The van der Waals surface area contributed by atoms with E-state index in [1.165, 1.54) is 5.56 Å². The van der Waals surface area contributed by atoms with Crippen LogP contribution in [0.2, 0.25) is 0 Å². The first-order valence-corrected chi connectivity index (χ1v) is 6.72. The molecule has 2 aliphatic rings. The predicted octanol–water partition coefficient (Wildman–Crippen LogP) is 2.29. The summed E-state index contributed by atoms with van der Waals surface area (Å²) in [5, 5.41) is 14.0. The van der Waals surface area contributed by atoms with Crippen molar-refractivity contribution in [3.05, 3.63) is 59.2 Å². The van der Waals surface area contributed by atoms with Crippen LogP contribution in [0, 0.1) is 0 Å². The van der Waals surface area contributed by atoms with Crippen molar-refractivity contribution in [2.75, 3.05) is 6.79 Å². The van der Waals surface area contributed by atoms with E-state index in [0.29, 0.717) is 5.75 Å². The summed E-state index contributed by atoms with van der Waals surface area (Å²) in [6.45, 7) is 1.04. The fourth-order valence-electron chi connectivity index (χ4n) is 2.90. The molecule has 2 atom stereocenters. The third-order valence-corrected chi connectivity index (χ3v) is 3.96. The first-order chi connectivity index (χ1) is 9.83. The summed E-state index contributed by atoms with van der Waals surface area (Å²) in [6, 6.07) is 13.7. The molecule has 4 nitrogen and oxygen atoms in total. The average Bonchev–Trinajstić information content (AvgIpc) is 3.12. The minimum atomic E-state index is -0.604. The van der Waals surface area contributed by atoms with Crippen LogP contribution in [0.15, 0.2) is 42.5 Å². The Labute approximate surface area is 117 Å². The first kappa shape index (κ1) is 11.8. The number of nitrogens with one attached hydrogen (secondary N) is 1. The molecule has 0 aliphatic carbocycles. The molecule has 0 radical (unpaired) electrons. The SMILES string of the molecule is OC(c1ccc2c(c1)OCO2)C1NCc2ccccc21. The smallest absolute Gasteiger partial charge is 0.231 e. The highest BCUT2D eigenvalue weighted by Crippen LogP contribution is 2.39. The largest absolute Gasteiger partial charge is 0.454 e. The standard InChI is InChI=1S/C16H15NO3/c18-16(10-5-6-13-14(7-10)20-9-19-13)15-12-4-2-1-3-11(12)8-17-15/h1-7,15-18H,8-9H2. The van der Waals surface area contributed by atoms with Crippen molar-refractivity contribution in [2.45, 2.75) is 18.7 Å². The van der Waals surface area contributed by atoms with Gasteiger partial charge in [-0.25, -0.2) is 0 Å². The number of benzene rings is 2. The molecule has 2 aliphatic heterocycles. The molecule has 0 aromatic heterocycles. The lowest BCUT2D eigenvalue weighted by Crippen LogP contribution is -2.20. The zero-order valence-electron chi connectivity index (χ0n) is 10.9. The molecule has 0 fully saturated rings. The minimum Gasteiger partial charge on any atom is -0.454 e. The molecule has 20 heavy (non-hydrogen) atoms. The van der Waals surface area contributed by atoms with E-state index in [1.54, 1.807) is 0 Å². The normalized spacial score (nSPS) is 20.8. The fourth-order valence-corrected chi connectivity index (χ4v) is 2.90. The van der Waals surface area contributed by atoms with Gasteiger partial charge in [0, 0.05) is 6.54 Å². The van der Waals surface area contributed by atoms with Crippen molar-refractivity contribution in [1.29, 1.82) is 0 Å². The highest BCUT2D eigenvalue weighted by molar-refractivity contribution is 5.46. The summed E-state index contributed by atoms with van der Waals surface area (Å²) in [5.41, 5.74) is 3.25. The van der Waals surface area contributed by atoms with Crippen molar-refractivity contribution < 1.29 is 14.6 Å². The van der Waals surface area contributed by atoms with Gasteiger partial charge >= 0.3 is 0 Å². The maximum Gasteiger partial charge on any atom is 0.231 e. The van der Waals surface area contributed by atoms with Crippen LogP contribution in [0.4, 0.5) is 0 Å². The number of fused-ring (bicyclic) bond motifs is 2. The molecule has 0 saturated carbocycles. The minimum absolute atomic E-state index is 0.0772. The lowest BCUT2D eigenvalue weighted by Gasteiger charge is -2.20. The molecule has 0 amide bonds. The summed E-state index contributed by atoms with van der Waals surface area (Å²) in [6.07, 6.45) is -0.604. The third kappa shape index (κ3) is 1.77. The molecular weight excluding hydrogens is 254 g/mol. The van der Waals surface area contributed by atoms with Crippen LogP contribution >= 0.6 is 0 Å². The van der Waals surface area contributed by atoms with Crippen molar-refractivity contribution >= 4 is 0 Å². The maximum atomic E-state index is 10.6. The monoisotopic (exact) mass is 269 g/mol. The number of aliphatic hydroxyl groups excluding tert-OH is 1. The Bertz CT molecular complexity index is 656. The Hall–Kier alpha value is -2.04. The Morgan fingerprint density at radius 2 is 1.95 bits per heavy atom. The lowest BCUT2D eigenvalue weighted by atomic mass is 9.96. The van der Waals surface area contributed by atoms with Gasteiger partial charge in [-0.1, -0.05) is 30.3 Å². The van der Waals surface area contributed by atoms with E-state index in [9.17, 15) is 5.11 Å². The van der Waals surface area contributed by atoms with Crippen LogP contribution in [0.5, 0.6) is 11.5 Å². The molecular formula is C16H15NO3. The number of rotatable bonds is 2. The molecule has 2 N–H and O–H groups in total. The number of ether oxygens (including phenoxy) is 2. The zero-order valence-corrected chi connectivity index (χ0v) is 10.9. The molecule has 102 valence electrons. The highest BCUT2D eigenvalue weighted by Gasteiger charge is 2.29. The first-order valence-electron chi connectivity index (χ1n) is 6.72. The Balaban J connectivity index is 1.67. The Morgan fingerprint density at radius 3 is 2.90 bits per heavy atom. The molecule has 0 saturated heterocycles. The average molecular weight is 269 g/mol. The van der Waals surface area contributed by atoms with Gasteiger partial charge in [0.1, 0.15) is 0 Å². The van der Waals surface area contributed by atoms with Gasteiger partial charge in [-0.2, -0.15) is 0 Å². The summed E-state index contributed by atoms with van der Waals surface area (Å²) >= 11 is 0. The molecule has 2 unspecified atom stereocenters. The van der Waals surface area contributed by atoms with Gasteiger partial charge < -0.3 is 19.9 Å². The zero-order chi connectivity index (χ0) is 13.5. The molecule has 4 rings (SSSR count). The van der Waals surface area contributed by atoms with Gasteiger partial charge in [-0.15, -0.1) is 0 Å². The van der Waals surface area contributed by atoms with Gasteiger partial charge in [0.2, 0.25) is 6.79 Å². The van der Waals surface area contributed by atoms with E-state index in [-0.39, 0.29) is 12.8 Å². The second-order valence-electron chi connectivity index (χ2n) is 5.11. The predicted molar refractivity (Wildman–Crippen MR) is 73.5 cm³/mol. The van der Waals surface area contributed by atoms with E-state index in [0.717, 1.165) is 23.4 Å². The van der Waals surface area contributed by atoms with Gasteiger partial charge in [0.25, 0.3) is 0 Å². The van der Waals surface area contributed by atoms with Crippen LogP contribution < -0.4 is 14.8 Å². The summed E-state index contributed by atoms with van der Waals surface area (Å²) in [4.78, 5) is 0. The molecule has 2 heterocycles. The van der Waals surface area contributed by atoms with Crippen LogP contribution in [-0.4, -0.2) is 11.9 Å². The Morgan fingerprint density at radius 1 is 1.10 bits per heavy atom. The van der Waals surface area contributed by atoms with Crippen LogP contribution in [-0.2, 0) is 6.54 Å². The molecule has 4 heteroatoms. The molecule has 2 aromatic carbocycles. The van der Waals surface area contributed by atoms with Crippen LogP contribution in [0.1, 0.15) is 28.8 Å². The van der Waals surface area contributed by atoms with E-state index in [4.69, 9.17) is 9.47 Å². The summed E-state index contributed by atoms with van der Waals surface area (Å²) < 4.78 is 10.7. The third-order valence-electron chi connectivity index (χ3n) is 3.96. The molecule has 2 aromatic rings. The molecule has 0 bridgehead atoms. The van der Waals surface area contributed by atoms with E-state index >= 15 is 0 Å². The number of aliphatic hydroxyl groups is 1. The second kappa shape index (κ2) is 4.51. The maximum absolute atomic E-state index is 10.6. The van der Waals surface area contributed by atoms with Crippen LogP contribution in [0.25, 0.3) is 0 Å². The topological polar surface area (TPSA) is 50.7 Å². The number of hydrogen-bond acceptors (Lipinski definition) is 4. The van der Waals surface area contributed by atoms with Gasteiger partial charge in [0.15, 0.2) is 11.5 Å². The van der Waals surface area contributed by atoms with Gasteiger partial charge in [-0.05, 0) is 28.8 Å². The quantitative estimate of drug-likeness (QED) is 0.878.